The second-order valence-corrected chi connectivity index (χ2v) is 3.80. The molecule has 0 spiro atoms. The predicted molar refractivity (Wildman–Crippen MR) is 65.7 cm³/mol. The molecule has 0 aliphatic rings. The second kappa shape index (κ2) is 6.39. The minimum atomic E-state index is -1.13. The maximum Gasteiger partial charge on any atom is 0.325 e. The Hall–Kier alpha value is -2.57. The molecule has 0 saturated heterocycles. The highest BCUT2D eigenvalue weighted by molar-refractivity contribution is 5.92. The van der Waals surface area contributed by atoms with Crippen LogP contribution in [0.15, 0.2) is 24.3 Å². The van der Waals surface area contributed by atoms with Gasteiger partial charge < -0.3 is 20.9 Å². The fraction of sp³-hybridized carbons (Fsp3) is 0.250. The van der Waals surface area contributed by atoms with Crippen LogP contribution in [0.2, 0.25) is 0 Å². The number of carbonyl (C=O) groups is 3. The summed E-state index contributed by atoms with van der Waals surface area (Å²) in [6.45, 7) is 1.04. The van der Waals surface area contributed by atoms with E-state index in [1.165, 1.54) is 31.2 Å². The molecule has 1 rings (SSSR count). The number of nitrogens with one attached hydrogen (secondary N) is 1. The number of hydrogen-bond acceptors (Lipinski definition) is 4. The summed E-state index contributed by atoms with van der Waals surface area (Å²) in [7, 11) is 0. The third-order valence-corrected chi connectivity index (χ3v) is 2.26. The molecule has 2 amide bonds. The first-order valence-electron chi connectivity index (χ1n) is 5.45. The van der Waals surface area contributed by atoms with Crippen molar-refractivity contribution in [2.45, 2.75) is 13.0 Å². The van der Waals surface area contributed by atoms with E-state index < -0.39 is 23.8 Å². The smallest absolute Gasteiger partial charge is 0.325 e. The van der Waals surface area contributed by atoms with E-state index in [4.69, 9.17) is 15.6 Å². The van der Waals surface area contributed by atoms with Gasteiger partial charge in [-0.15, -0.1) is 0 Å². The highest BCUT2D eigenvalue weighted by Crippen LogP contribution is 2.11. The Balaban J connectivity index is 2.46. The molecule has 1 atom stereocenters. The summed E-state index contributed by atoms with van der Waals surface area (Å²) in [6.07, 6.45) is 0. The van der Waals surface area contributed by atoms with Gasteiger partial charge in [0.25, 0.3) is 5.91 Å². The van der Waals surface area contributed by atoms with Crippen molar-refractivity contribution in [3.63, 3.8) is 0 Å². The molecule has 1 aromatic carbocycles. The summed E-state index contributed by atoms with van der Waals surface area (Å²) in [5.41, 5.74) is 5.40. The van der Waals surface area contributed by atoms with Crippen LogP contribution in [-0.2, 0) is 9.59 Å². The van der Waals surface area contributed by atoms with Crippen molar-refractivity contribution in [3.8, 4) is 5.75 Å². The van der Waals surface area contributed by atoms with Gasteiger partial charge >= 0.3 is 5.97 Å². The van der Waals surface area contributed by atoms with Crippen LogP contribution in [0.4, 0.5) is 0 Å². The van der Waals surface area contributed by atoms with Gasteiger partial charge in [0, 0.05) is 5.56 Å². The van der Waals surface area contributed by atoms with Gasteiger partial charge in [0.05, 0.1) is 0 Å². The quantitative estimate of drug-likeness (QED) is 0.656. The third kappa shape index (κ3) is 4.66. The molecular formula is C12H14N2O5. The van der Waals surface area contributed by atoms with Crippen LogP contribution in [0.1, 0.15) is 17.3 Å². The molecule has 0 fully saturated rings. The first-order chi connectivity index (χ1) is 8.90. The average molecular weight is 266 g/mol. The summed E-state index contributed by atoms with van der Waals surface area (Å²) in [5.74, 6) is -1.85. The van der Waals surface area contributed by atoms with E-state index in [1.807, 2.05) is 0 Å². The lowest BCUT2D eigenvalue weighted by atomic mass is 10.2. The maximum atomic E-state index is 11.3. The van der Waals surface area contributed by atoms with Crippen LogP contribution in [0.3, 0.4) is 0 Å². The van der Waals surface area contributed by atoms with Crippen LogP contribution in [0, 0.1) is 0 Å². The Morgan fingerprint density at radius 3 is 2.37 bits per heavy atom. The average Bonchev–Trinajstić information content (AvgIpc) is 2.36. The lowest BCUT2D eigenvalue weighted by molar-refractivity contribution is -0.141. The molecule has 0 heterocycles. The molecule has 102 valence electrons. The predicted octanol–water partition coefficient (Wildman–Crippen LogP) is -0.246. The normalized spacial score (nSPS) is 11.4. The Morgan fingerprint density at radius 1 is 1.32 bits per heavy atom. The molecule has 7 heteroatoms. The van der Waals surface area contributed by atoms with Crippen LogP contribution >= 0.6 is 0 Å². The number of carboxylic acid groups (broad SMARTS) is 1. The monoisotopic (exact) mass is 266 g/mol. The van der Waals surface area contributed by atoms with E-state index in [1.54, 1.807) is 0 Å². The van der Waals surface area contributed by atoms with Crippen molar-refractivity contribution >= 4 is 17.8 Å². The summed E-state index contributed by atoms with van der Waals surface area (Å²) in [6, 6.07) is 4.95. The number of aliphatic carboxylic acids is 1. The Morgan fingerprint density at radius 2 is 1.89 bits per heavy atom. The number of primary amides is 1. The van der Waals surface area contributed by atoms with Crippen molar-refractivity contribution in [2.24, 2.45) is 5.73 Å². The van der Waals surface area contributed by atoms with Gasteiger partial charge in [-0.05, 0) is 31.2 Å². The van der Waals surface area contributed by atoms with Crippen molar-refractivity contribution < 1.29 is 24.2 Å². The fourth-order valence-corrected chi connectivity index (χ4v) is 1.21. The van der Waals surface area contributed by atoms with E-state index in [-0.39, 0.29) is 6.61 Å². The van der Waals surface area contributed by atoms with Gasteiger partial charge in [0.1, 0.15) is 11.8 Å². The molecule has 0 unspecified atom stereocenters. The van der Waals surface area contributed by atoms with Crippen LogP contribution in [0.25, 0.3) is 0 Å². The van der Waals surface area contributed by atoms with E-state index in [0.29, 0.717) is 11.3 Å². The van der Waals surface area contributed by atoms with Gasteiger partial charge in [0.2, 0.25) is 5.91 Å². The zero-order valence-electron chi connectivity index (χ0n) is 10.3. The molecule has 0 aliphatic carbocycles. The number of carboxylic acids is 1. The number of ether oxygens (including phenoxy) is 1. The number of nitrogens with two attached hydrogens (primary N) is 1. The molecule has 4 N–H and O–H groups in total. The van der Waals surface area contributed by atoms with Gasteiger partial charge in [-0.25, -0.2) is 0 Å². The van der Waals surface area contributed by atoms with Gasteiger partial charge in [0.15, 0.2) is 6.61 Å². The third-order valence-electron chi connectivity index (χ3n) is 2.26. The number of amides is 2. The number of rotatable bonds is 6. The molecular weight excluding hydrogens is 252 g/mol. The van der Waals surface area contributed by atoms with Gasteiger partial charge in [-0.2, -0.15) is 0 Å². The number of carbonyl (C=O) groups excluding carboxylic acids is 2. The minimum Gasteiger partial charge on any atom is -0.484 e. The maximum absolute atomic E-state index is 11.3. The van der Waals surface area contributed by atoms with Crippen molar-refractivity contribution in [1.29, 1.82) is 0 Å². The molecule has 0 aromatic heterocycles. The van der Waals surface area contributed by atoms with Crippen molar-refractivity contribution in [2.75, 3.05) is 6.61 Å². The molecule has 7 nitrogen and oxygen atoms in total. The zero-order chi connectivity index (χ0) is 14.4. The van der Waals surface area contributed by atoms with E-state index in [9.17, 15) is 14.4 Å². The summed E-state index contributed by atoms with van der Waals surface area (Å²) < 4.78 is 5.13. The van der Waals surface area contributed by atoms with E-state index in [2.05, 4.69) is 5.32 Å². The Kier molecular flexibility index (Phi) is 4.87. The first kappa shape index (κ1) is 14.5. The minimum absolute atomic E-state index is 0.312. The number of benzene rings is 1. The summed E-state index contributed by atoms with van der Waals surface area (Å²) in [4.78, 5) is 32.7. The topological polar surface area (TPSA) is 119 Å². The van der Waals surface area contributed by atoms with Gasteiger partial charge in [-0.3, -0.25) is 14.4 Å². The van der Waals surface area contributed by atoms with Crippen molar-refractivity contribution in [3.05, 3.63) is 29.8 Å². The molecule has 0 bridgehead atoms. The van der Waals surface area contributed by atoms with Crippen LogP contribution in [0.5, 0.6) is 5.75 Å². The molecule has 19 heavy (non-hydrogen) atoms. The highest BCUT2D eigenvalue weighted by Gasteiger charge is 2.14. The molecule has 0 aliphatic heterocycles. The lowest BCUT2D eigenvalue weighted by Gasteiger charge is -2.10. The fourth-order valence-electron chi connectivity index (χ4n) is 1.21. The molecule has 0 saturated carbocycles. The highest BCUT2D eigenvalue weighted by atomic mass is 16.5. The van der Waals surface area contributed by atoms with E-state index in [0.717, 1.165) is 0 Å². The Bertz CT molecular complexity index is 483. The number of hydrogen-bond donors (Lipinski definition) is 3. The first-order valence-corrected chi connectivity index (χ1v) is 5.45. The van der Waals surface area contributed by atoms with Gasteiger partial charge in [-0.1, -0.05) is 0 Å². The second-order valence-electron chi connectivity index (χ2n) is 3.80. The molecule has 1 aromatic rings. The Labute approximate surface area is 109 Å². The molecule has 0 radical (unpaired) electrons. The lowest BCUT2D eigenvalue weighted by Crippen LogP contribution is -2.40. The standard InChI is InChI=1S/C12H14N2O5/c1-7(12(17)18)14-10(15)6-19-9-4-2-8(3-5-9)11(13)16/h2-5,7H,6H2,1H3,(H2,13,16)(H,14,15)(H,17,18)/t7-/m0/s1. The largest absolute Gasteiger partial charge is 0.484 e. The summed E-state index contributed by atoms with van der Waals surface area (Å²) >= 11 is 0. The van der Waals surface area contributed by atoms with Crippen LogP contribution < -0.4 is 15.8 Å². The van der Waals surface area contributed by atoms with E-state index >= 15 is 0 Å². The van der Waals surface area contributed by atoms with Crippen molar-refractivity contribution in [1.82, 2.24) is 5.32 Å². The van der Waals surface area contributed by atoms with Crippen LogP contribution in [-0.4, -0.2) is 35.5 Å². The SMILES string of the molecule is C[C@H](NC(=O)COc1ccc(C(N)=O)cc1)C(=O)O. The summed E-state index contributed by atoms with van der Waals surface area (Å²) in [5, 5.41) is 10.8. The zero-order valence-corrected chi connectivity index (χ0v) is 10.3.